The topological polar surface area (TPSA) is 48.1 Å². The maximum Gasteiger partial charge on any atom is 0.184 e. The molecule has 0 amide bonds. The van der Waals surface area contributed by atoms with Gasteiger partial charge in [-0.3, -0.25) is 4.98 Å². The highest BCUT2D eigenvalue weighted by atomic mass is 35.5. The van der Waals surface area contributed by atoms with Crippen LogP contribution in [0.2, 0.25) is 5.02 Å². The first kappa shape index (κ1) is 11.8. The van der Waals surface area contributed by atoms with Crippen molar-refractivity contribution in [1.82, 2.24) is 4.98 Å². The molecule has 0 unspecified atom stereocenters. The zero-order valence-electron chi connectivity index (χ0n) is 8.86. The van der Waals surface area contributed by atoms with Gasteiger partial charge in [-0.05, 0) is 24.3 Å². The zero-order valence-corrected chi connectivity index (χ0v) is 9.62. The molecule has 2 aromatic rings. The summed E-state index contributed by atoms with van der Waals surface area (Å²) in [7, 11) is 0. The zero-order chi connectivity index (χ0) is 12.3. The predicted molar refractivity (Wildman–Crippen MR) is 63.6 cm³/mol. The van der Waals surface area contributed by atoms with E-state index in [1.807, 2.05) is 0 Å². The first-order chi connectivity index (χ1) is 8.20. The van der Waals surface area contributed by atoms with Gasteiger partial charge in [0.1, 0.15) is 5.75 Å². The molecule has 0 fully saturated rings. The minimum absolute atomic E-state index is 0.0223. The van der Waals surface area contributed by atoms with E-state index in [1.165, 1.54) is 18.3 Å². The maximum absolute atomic E-state index is 13.5. The van der Waals surface area contributed by atoms with Crippen LogP contribution in [0.5, 0.6) is 11.5 Å². The second-order valence-corrected chi connectivity index (χ2v) is 3.75. The lowest BCUT2D eigenvalue weighted by molar-refractivity contribution is 0.440. The molecule has 5 heteroatoms. The van der Waals surface area contributed by atoms with Gasteiger partial charge in [-0.2, -0.15) is 0 Å². The van der Waals surface area contributed by atoms with Crippen LogP contribution in [-0.2, 0) is 6.54 Å². The fourth-order valence-corrected chi connectivity index (χ4v) is 1.45. The lowest BCUT2D eigenvalue weighted by Crippen LogP contribution is -1.99. The summed E-state index contributed by atoms with van der Waals surface area (Å²) in [6.07, 6.45) is 1.49. The molecule has 0 bridgehead atoms. The number of ether oxygens (including phenoxy) is 1. The summed E-state index contributed by atoms with van der Waals surface area (Å²) in [5, 5.41) is 0.0223. The third-order valence-electron chi connectivity index (χ3n) is 2.15. The van der Waals surface area contributed by atoms with E-state index in [0.29, 0.717) is 12.3 Å². The molecular formula is C12H10ClFN2O. The lowest BCUT2D eigenvalue weighted by atomic mass is 10.3. The van der Waals surface area contributed by atoms with Gasteiger partial charge in [0.05, 0.1) is 16.9 Å². The Bertz CT molecular complexity index is 516. The molecule has 3 nitrogen and oxygen atoms in total. The van der Waals surface area contributed by atoms with E-state index in [0.717, 1.165) is 5.69 Å². The molecule has 0 atom stereocenters. The van der Waals surface area contributed by atoms with Crippen LogP contribution in [0.4, 0.5) is 4.39 Å². The molecule has 0 radical (unpaired) electrons. The summed E-state index contributed by atoms with van der Waals surface area (Å²) in [5.41, 5.74) is 6.16. The molecular weight excluding hydrogens is 243 g/mol. The van der Waals surface area contributed by atoms with Crippen molar-refractivity contribution in [3.8, 4) is 11.5 Å². The second-order valence-electron chi connectivity index (χ2n) is 3.34. The Balaban J connectivity index is 2.22. The summed E-state index contributed by atoms with van der Waals surface area (Å²) in [6, 6.07) is 7.97. The van der Waals surface area contributed by atoms with Crippen molar-refractivity contribution in [2.45, 2.75) is 6.54 Å². The third kappa shape index (κ3) is 2.72. The van der Waals surface area contributed by atoms with Gasteiger partial charge in [0.15, 0.2) is 11.6 Å². The number of hydrogen-bond acceptors (Lipinski definition) is 3. The number of nitrogens with zero attached hydrogens (tertiary/aromatic N) is 1. The number of benzene rings is 1. The van der Waals surface area contributed by atoms with E-state index in [9.17, 15) is 4.39 Å². The Hall–Kier alpha value is -1.65. The van der Waals surface area contributed by atoms with E-state index < -0.39 is 5.82 Å². The molecule has 0 saturated carbocycles. The van der Waals surface area contributed by atoms with Crippen molar-refractivity contribution < 1.29 is 9.13 Å². The fraction of sp³-hybridized carbons (Fsp3) is 0.0833. The highest BCUT2D eigenvalue weighted by Crippen LogP contribution is 2.28. The van der Waals surface area contributed by atoms with E-state index in [1.54, 1.807) is 18.2 Å². The number of halogens is 2. The molecule has 1 aromatic heterocycles. The molecule has 0 aliphatic rings. The van der Waals surface area contributed by atoms with Crippen LogP contribution in [0.15, 0.2) is 36.5 Å². The van der Waals surface area contributed by atoms with Crippen molar-refractivity contribution in [1.29, 1.82) is 0 Å². The van der Waals surface area contributed by atoms with Crippen LogP contribution in [0.3, 0.4) is 0 Å². The summed E-state index contributed by atoms with van der Waals surface area (Å²) < 4.78 is 18.9. The van der Waals surface area contributed by atoms with Crippen LogP contribution in [-0.4, -0.2) is 4.98 Å². The van der Waals surface area contributed by atoms with E-state index >= 15 is 0 Å². The van der Waals surface area contributed by atoms with Crippen molar-refractivity contribution in [3.05, 3.63) is 53.1 Å². The molecule has 0 aliphatic heterocycles. The largest absolute Gasteiger partial charge is 0.453 e. The minimum atomic E-state index is -0.586. The summed E-state index contributed by atoms with van der Waals surface area (Å²) in [4.78, 5) is 4.04. The first-order valence-corrected chi connectivity index (χ1v) is 5.35. The van der Waals surface area contributed by atoms with E-state index in [-0.39, 0.29) is 10.8 Å². The van der Waals surface area contributed by atoms with Crippen molar-refractivity contribution in [2.75, 3.05) is 0 Å². The predicted octanol–water partition coefficient (Wildman–Crippen LogP) is 3.13. The molecule has 17 heavy (non-hydrogen) atoms. The number of aromatic nitrogens is 1. The number of hydrogen-bond donors (Lipinski definition) is 1. The number of nitrogens with two attached hydrogens (primary N) is 1. The van der Waals surface area contributed by atoms with Crippen LogP contribution in [0, 0.1) is 5.82 Å². The molecule has 1 aromatic carbocycles. The summed E-state index contributed by atoms with van der Waals surface area (Å²) >= 11 is 5.64. The minimum Gasteiger partial charge on any atom is -0.453 e. The van der Waals surface area contributed by atoms with Crippen LogP contribution < -0.4 is 10.5 Å². The van der Waals surface area contributed by atoms with Gasteiger partial charge in [-0.25, -0.2) is 4.39 Å². The van der Waals surface area contributed by atoms with E-state index in [2.05, 4.69) is 4.98 Å². The highest BCUT2D eigenvalue weighted by Gasteiger charge is 2.08. The SMILES string of the molecule is NCc1ccc(Oc2cccc(Cl)c2F)cn1. The monoisotopic (exact) mass is 252 g/mol. The van der Waals surface area contributed by atoms with E-state index in [4.69, 9.17) is 22.1 Å². The van der Waals surface area contributed by atoms with Crippen molar-refractivity contribution >= 4 is 11.6 Å². The first-order valence-electron chi connectivity index (χ1n) is 4.97. The lowest BCUT2D eigenvalue weighted by Gasteiger charge is -2.07. The number of pyridine rings is 1. The maximum atomic E-state index is 13.5. The van der Waals surface area contributed by atoms with Gasteiger partial charge >= 0.3 is 0 Å². The molecule has 88 valence electrons. The molecule has 0 aliphatic carbocycles. The van der Waals surface area contributed by atoms with Gasteiger partial charge < -0.3 is 10.5 Å². The van der Waals surface area contributed by atoms with Gasteiger partial charge in [-0.1, -0.05) is 17.7 Å². The van der Waals surface area contributed by atoms with Gasteiger partial charge in [0.25, 0.3) is 0 Å². The quantitative estimate of drug-likeness (QED) is 0.913. The molecule has 1 heterocycles. The Labute approximate surface area is 103 Å². The molecule has 2 rings (SSSR count). The fourth-order valence-electron chi connectivity index (χ4n) is 1.28. The Morgan fingerprint density at radius 2 is 2.12 bits per heavy atom. The highest BCUT2D eigenvalue weighted by molar-refractivity contribution is 6.30. The number of rotatable bonds is 3. The molecule has 0 spiro atoms. The van der Waals surface area contributed by atoms with Crippen LogP contribution in [0.25, 0.3) is 0 Å². The van der Waals surface area contributed by atoms with Crippen molar-refractivity contribution in [2.24, 2.45) is 5.73 Å². The second kappa shape index (κ2) is 5.12. The Morgan fingerprint density at radius 1 is 1.29 bits per heavy atom. The molecule has 2 N–H and O–H groups in total. The smallest absolute Gasteiger partial charge is 0.184 e. The Kier molecular flexibility index (Phi) is 3.56. The van der Waals surface area contributed by atoms with Gasteiger partial charge in [0.2, 0.25) is 0 Å². The summed E-state index contributed by atoms with van der Waals surface area (Å²) in [5.74, 6) is -0.0831. The van der Waals surface area contributed by atoms with Gasteiger partial charge in [0, 0.05) is 6.54 Å². The van der Waals surface area contributed by atoms with Crippen LogP contribution >= 0.6 is 11.6 Å². The third-order valence-corrected chi connectivity index (χ3v) is 2.44. The standard InChI is InChI=1S/C12H10ClFN2O/c13-10-2-1-3-11(12(10)14)17-9-5-4-8(6-15)16-7-9/h1-5,7H,6,15H2. The normalized spacial score (nSPS) is 10.3. The van der Waals surface area contributed by atoms with Crippen molar-refractivity contribution in [3.63, 3.8) is 0 Å². The molecule has 0 saturated heterocycles. The average Bonchev–Trinajstić information content (AvgIpc) is 2.36. The van der Waals surface area contributed by atoms with Gasteiger partial charge in [-0.15, -0.1) is 0 Å². The average molecular weight is 253 g/mol. The summed E-state index contributed by atoms with van der Waals surface area (Å²) in [6.45, 7) is 0.353. The Morgan fingerprint density at radius 3 is 2.76 bits per heavy atom. The van der Waals surface area contributed by atoms with Crippen LogP contribution in [0.1, 0.15) is 5.69 Å².